The highest BCUT2D eigenvalue weighted by Gasteiger charge is 2.07. The summed E-state index contributed by atoms with van der Waals surface area (Å²) in [7, 11) is 0. The van der Waals surface area contributed by atoms with Crippen molar-refractivity contribution in [1.29, 1.82) is 0 Å². The molecule has 0 saturated carbocycles. The Balaban J connectivity index is 2.29. The Labute approximate surface area is 117 Å². The molecule has 1 unspecified atom stereocenters. The van der Waals surface area contributed by atoms with Crippen LogP contribution >= 0.6 is 23.2 Å². The molecule has 0 aliphatic carbocycles. The predicted molar refractivity (Wildman–Crippen MR) is 74.3 cm³/mol. The number of terminal acetylenes is 1. The van der Waals surface area contributed by atoms with Crippen LogP contribution in [0.4, 0.5) is 0 Å². The quantitative estimate of drug-likeness (QED) is 0.598. The first-order valence-corrected chi connectivity index (χ1v) is 6.29. The number of aliphatic hydroxyl groups excluding tert-OH is 1. The van der Waals surface area contributed by atoms with Crippen LogP contribution in [0.1, 0.15) is 6.42 Å². The summed E-state index contributed by atoms with van der Waals surface area (Å²) in [6.45, 7) is 1.26. The van der Waals surface area contributed by atoms with E-state index in [1.54, 1.807) is 18.2 Å². The summed E-state index contributed by atoms with van der Waals surface area (Å²) in [6, 6.07) is 4.94. The molecule has 3 nitrogen and oxygen atoms in total. The van der Waals surface area contributed by atoms with Crippen LogP contribution in [-0.2, 0) is 0 Å². The standard InChI is InChI=1S/C13H15Cl2NO2/c1-2-3-6-16-8-11(17)9-18-13-5-4-10(14)7-12(13)15/h1,4-5,7,11,16-17H,3,6,8-9H2. The first-order chi connectivity index (χ1) is 8.63. The van der Waals surface area contributed by atoms with Gasteiger partial charge in [-0.1, -0.05) is 23.2 Å². The molecular formula is C13H15Cl2NO2. The number of hydrogen-bond donors (Lipinski definition) is 2. The zero-order valence-electron chi connectivity index (χ0n) is 9.83. The minimum absolute atomic E-state index is 0.157. The van der Waals surface area contributed by atoms with Crippen molar-refractivity contribution in [3.05, 3.63) is 28.2 Å². The van der Waals surface area contributed by atoms with Gasteiger partial charge in [0.15, 0.2) is 0 Å². The number of hydrogen-bond acceptors (Lipinski definition) is 3. The molecule has 1 aromatic carbocycles. The van der Waals surface area contributed by atoms with E-state index in [1.165, 1.54) is 0 Å². The molecule has 0 aliphatic rings. The number of halogens is 2. The molecule has 0 fully saturated rings. The van der Waals surface area contributed by atoms with Gasteiger partial charge in [0.2, 0.25) is 0 Å². The molecule has 1 aromatic rings. The van der Waals surface area contributed by atoms with Crippen molar-refractivity contribution in [2.75, 3.05) is 19.7 Å². The van der Waals surface area contributed by atoms with Gasteiger partial charge in [-0.3, -0.25) is 0 Å². The Morgan fingerprint density at radius 3 is 2.89 bits per heavy atom. The van der Waals surface area contributed by atoms with Crippen molar-refractivity contribution in [3.63, 3.8) is 0 Å². The van der Waals surface area contributed by atoms with Gasteiger partial charge in [-0.25, -0.2) is 0 Å². The van der Waals surface area contributed by atoms with Gasteiger partial charge < -0.3 is 15.2 Å². The van der Waals surface area contributed by atoms with E-state index in [0.29, 0.717) is 35.3 Å². The van der Waals surface area contributed by atoms with Crippen LogP contribution in [0, 0.1) is 12.3 Å². The minimum Gasteiger partial charge on any atom is -0.489 e. The molecule has 5 heteroatoms. The average Bonchev–Trinajstić information content (AvgIpc) is 2.33. The number of benzene rings is 1. The smallest absolute Gasteiger partial charge is 0.138 e. The highest BCUT2D eigenvalue weighted by molar-refractivity contribution is 6.35. The Morgan fingerprint density at radius 1 is 1.44 bits per heavy atom. The van der Waals surface area contributed by atoms with Crippen molar-refractivity contribution < 1.29 is 9.84 Å². The van der Waals surface area contributed by atoms with Gasteiger partial charge in [0.05, 0.1) is 5.02 Å². The lowest BCUT2D eigenvalue weighted by Gasteiger charge is -2.13. The van der Waals surface area contributed by atoms with Crippen molar-refractivity contribution in [2.24, 2.45) is 0 Å². The van der Waals surface area contributed by atoms with Crippen molar-refractivity contribution in [3.8, 4) is 18.1 Å². The second-order valence-corrected chi connectivity index (χ2v) is 4.54. The number of ether oxygens (including phenoxy) is 1. The fourth-order valence-corrected chi connectivity index (χ4v) is 1.73. The lowest BCUT2D eigenvalue weighted by Crippen LogP contribution is -2.31. The maximum atomic E-state index is 9.65. The zero-order valence-corrected chi connectivity index (χ0v) is 11.3. The molecule has 98 valence electrons. The van der Waals surface area contributed by atoms with Gasteiger partial charge in [-0.05, 0) is 18.2 Å². The normalized spacial score (nSPS) is 11.9. The van der Waals surface area contributed by atoms with Crippen LogP contribution in [0.5, 0.6) is 5.75 Å². The van der Waals surface area contributed by atoms with E-state index in [9.17, 15) is 5.11 Å². The van der Waals surface area contributed by atoms with Gasteiger partial charge >= 0.3 is 0 Å². The van der Waals surface area contributed by atoms with E-state index in [4.69, 9.17) is 34.4 Å². The molecule has 0 heterocycles. The summed E-state index contributed by atoms with van der Waals surface area (Å²) in [5, 5.41) is 13.6. The van der Waals surface area contributed by atoms with Crippen molar-refractivity contribution in [1.82, 2.24) is 5.32 Å². The molecule has 1 atom stereocenters. The van der Waals surface area contributed by atoms with Gasteiger partial charge in [0.25, 0.3) is 0 Å². The van der Waals surface area contributed by atoms with Gasteiger partial charge in [-0.2, -0.15) is 0 Å². The first-order valence-electron chi connectivity index (χ1n) is 5.53. The second kappa shape index (κ2) is 8.23. The molecule has 0 aliphatic heterocycles. The maximum absolute atomic E-state index is 9.65. The third-order valence-electron chi connectivity index (χ3n) is 2.15. The van der Waals surface area contributed by atoms with Gasteiger partial charge in [0, 0.05) is 24.5 Å². The lowest BCUT2D eigenvalue weighted by molar-refractivity contribution is 0.107. The Kier molecular flexibility index (Phi) is 6.92. The molecule has 2 N–H and O–H groups in total. The topological polar surface area (TPSA) is 41.5 Å². The molecule has 0 bridgehead atoms. The van der Waals surface area contributed by atoms with E-state index in [2.05, 4.69) is 11.2 Å². The molecule has 1 rings (SSSR count). The summed E-state index contributed by atoms with van der Waals surface area (Å²) in [4.78, 5) is 0. The van der Waals surface area contributed by atoms with Gasteiger partial charge in [0.1, 0.15) is 18.5 Å². The van der Waals surface area contributed by atoms with Crippen LogP contribution < -0.4 is 10.1 Å². The zero-order chi connectivity index (χ0) is 13.4. The number of aliphatic hydroxyl groups is 1. The summed E-state index contributed by atoms with van der Waals surface area (Å²) in [5.41, 5.74) is 0. The molecule has 0 spiro atoms. The molecule has 0 aromatic heterocycles. The van der Waals surface area contributed by atoms with Crippen LogP contribution in [0.25, 0.3) is 0 Å². The Morgan fingerprint density at radius 2 is 2.22 bits per heavy atom. The van der Waals surface area contributed by atoms with E-state index in [-0.39, 0.29) is 6.61 Å². The van der Waals surface area contributed by atoms with Crippen molar-refractivity contribution in [2.45, 2.75) is 12.5 Å². The second-order valence-electron chi connectivity index (χ2n) is 3.70. The SMILES string of the molecule is C#CCCNCC(O)COc1ccc(Cl)cc1Cl. The third-order valence-corrected chi connectivity index (χ3v) is 2.68. The summed E-state index contributed by atoms with van der Waals surface area (Å²) in [6.07, 6.45) is 5.13. The summed E-state index contributed by atoms with van der Waals surface area (Å²) >= 11 is 11.7. The highest BCUT2D eigenvalue weighted by atomic mass is 35.5. The fraction of sp³-hybridized carbons (Fsp3) is 0.385. The predicted octanol–water partition coefficient (Wildman–Crippen LogP) is 2.35. The Bertz CT molecular complexity index is 418. The number of rotatable bonds is 7. The maximum Gasteiger partial charge on any atom is 0.138 e. The van der Waals surface area contributed by atoms with Crippen LogP contribution in [0.2, 0.25) is 10.0 Å². The third kappa shape index (κ3) is 5.61. The minimum atomic E-state index is -0.616. The monoisotopic (exact) mass is 287 g/mol. The van der Waals surface area contributed by atoms with Crippen LogP contribution in [0.3, 0.4) is 0 Å². The largest absolute Gasteiger partial charge is 0.489 e. The summed E-state index contributed by atoms with van der Waals surface area (Å²) < 4.78 is 5.39. The van der Waals surface area contributed by atoms with Crippen LogP contribution in [-0.4, -0.2) is 30.9 Å². The molecule has 0 amide bonds. The van der Waals surface area contributed by atoms with Gasteiger partial charge in [-0.15, -0.1) is 12.3 Å². The van der Waals surface area contributed by atoms with E-state index < -0.39 is 6.10 Å². The van der Waals surface area contributed by atoms with E-state index in [1.807, 2.05) is 0 Å². The molecule has 0 radical (unpaired) electrons. The number of nitrogens with one attached hydrogen (secondary N) is 1. The van der Waals surface area contributed by atoms with E-state index in [0.717, 1.165) is 0 Å². The first kappa shape index (κ1) is 15.1. The molecule has 0 saturated heterocycles. The van der Waals surface area contributed by atoms with Crippen molar-refractivity contribution >= 4 is 23.2 Å². The average molecular weight is 288 g/mol. The highest BCUT2D eigenvalue weighted by Crippen LogP contribution is 2.27. The molecule has 18 heavy (non-hydrogen) atoms. The Hall–Kier alpha value is -0.920. The fourth-order valence-electron chi connectivity index (χ4n) is 1.27. The van der Waals surface area contributed by atoms with Crippen LogP contribution in [0.15, 0.2) is 18.2 Å². The summed E-state index contributed by atoms with van der Waals surface area (Å²) in [5.74, 6) is 3.01. The molecular weight excluding hydrogens is 273 g/mol. The lowest BCUT2D eigenvalue weighted by atomic mass is 10.3. The van der Waals surface area contributed by atoms with E-state index >= 15 is 0 Å².